The van der Waals surface area contributed by atoms with Gasteiger partial charge in [0.15, 0.2) is 0 Å². The first kappa shape index (κ1) is 18.2. The Morgan fingerprint density at radius 2 is 1.75 bits per heavy atom. The van der Waals surface area contributed by atoms with Crippen LogP contribution < -0.4 is 0 Å². The average molecular weight is 273 g/mol. The van der Waals surface area contributed by atoms with Gasteiger partial charge in [0.1, 0.15) is 5.82 Å². The van der Waals surface area contributed by atoms with Crippen molar-refractivity contribution < 1.29 is 4.39 Å². The predicted molar refractivity (Wildman–Crippen MR) is 82.7 cm³/mol. The standard InChI is InChI=1S/C15H21F.C2H2.CHN/c1-11-4-3-5-13(8-6-11)14-9-7-12(2)15(16)10-14;2*1-2/h7,9-11,13H,3-6,8H2,1-2H3;1-2H;1H. The number of rotatable bonds is 1. The summed E-state index contributed by atoms with van der Waals surface area (Å²) in [6.45, 7) is 7.66. The van der Waals surface area contributed by atoms with Crippen LogP contribution >= 0.6 is 0 Å². The van der Waals surface area contributed by atoms with E-state index in [2.05, 4.69) is 32.4 Å². The smallest absolute Gasteiger partial charge is 0.126 e. The predicted octanol–water partition coefficient (Wildman–Crippen LogP) is 5.21. The molecule has 0 aromatic heterocycles. The van der Waals surface area contributed by atoms with Gasteiger partial charge in [0, 0.05) is 6.57 Å². The molecule has 108 valence electrons. The van der Waals surface area contributed by atoms with Crippen LogP contribution in [-0.2, 0) is 0 Å². The maximum Gasteiger partial charge on any atom is 0.126 e. The van der Waals surface area contributed by atoms with E-state index in [-0.39, 0.29) is 5.82 Å². The summed E-state index contributed by atoms with van der Waals surface area (Å²) in [5, 5.41) is 6.50. The summed E-state index contributed by atoms with van der Waals surface area (Å²) in [6, 6.07) is 5.77. The second-order valence-electron chi connectivity index (χ2n) is 5.32. The van der Waals surface area contributed by atoms with Gasteiger partial charge in [-0.2, -0.15) is 0 Å². The van der Waals surface area contributed by atoms with E-state index < -0.39 is 0 Å². The molecule has 2 heteroatoms. The molecule has 1 aromatic carbocycles. The molecule has 20 heavy (non-hydrogen) atoms. The zero-order chi connectivity index (χ0) is 15.5. The van der Waals surface area contributed by atoms with E-state index in [4.69, 9.17) is 5.26 Å². The van der Waals surface area contributed by atoms with Crippen molar-refractivity contribution in [2.75, 3.05) is 0 Å². The normalized spacial score (nSPS) is 21.4. The number of nitrogens with zero attached hydrogens (tertiary/aromatic N) is 1. The molecule has 0 bridgehead atoms. The number of benzene rings is 1. The van der Waals surface area contributed by atoms with Crippen molar-refractivity contribution in [1.29, 1.82) is 5.26 Å². The molecule has 2 atom stereocenters. The number of nitriles is 1. The second-order valence-corrected chi connectivity index (χ2v) is 5.32. The highest BCUT2D eigenvalue weighted by molar-refractivity contribution is 5.26. The lowest BCUT2D eigenvalue weighted by atomic mass is 9.91. The SMILES string of the molecule is C#C.C#N.Cc1ccc(C2CCCC(C)CC2)cc1F. The quantitative estimate of drug-likeness (QED) is 0.509. The average Bonchev–Trinajstić information content (AvgIpc) is 2.71. The summed E-state index contributed by atoms with van der Waals surface area (Å²) >= 11 is 0. The van der Waals surface area contributed by atoms with Crippen molar-refractivity contribution in [3.05, 3.63) is 35.1 Å². The molecule has 1 aliphatic carbocycles. The molecule has 1 fully saturated rings. The van der Waals surface area contributed by atoms with E-state index in [1.807, 2.05) is 13.0 Å². The summed E-state index contributed by atoms with van der Waals surface area (Å²) in [5.74, 6) is 1.38. The van der Waals surface area contributed by atoms with Crippen LogP contribution in [-0.4, -0.2) is 0 Å². The molecule has 1 nitrogen and oxygen atoms in total. The Hall–Kier alpha value is -1.80. The third kappa shape index (κ3) is 5.45. The Morgan fingerprint density at radius 1 is 1.10 bits per heavy atom. The summed E-state index contributed by atoms with van der Waals surface area (Å²) in [6.07, 6.45) is 14.4. The van der Waals surface area contributed by atoms with Gasteiger partial charge in [-0.3, -0.25) is 0 Å². The molecule has 0 amide bonds. The summed E-state index contributed by atoms with van der Waals surface area (Å²) in [5.41, 5.74) is 1.96. The molecule has 1 saturated carbocycles. The molecule has 1 aromatic rings. The van der Waals surface area contributed by atoms with Crippen molar-refractivity contribution in [2.24, 2.45) is 5.92 Å². The zero-order valence-corrected chi connectivity index (χ0v) is 12.5. The monoisotopic (exact) mass is 273 g/mol. The maximum atomic E-state index is 13.5. The topological polar surface area (TPSA) is 23.8 Å². The van der Waals surface area contributed by atoms with E-state index in [0.29, 0.717) is 5.92 Å². The van der Waals surface area contributed by atoms with Gasteiger partial charge in [-0.1, -0.05) is 38.3 Å². The summed E-state index contributed by atoms with van der Waals surface area (Å²) < 4.78 is 13.5. The first-order chi connectivity index (χ1) is 9.66. The number of aryl methyl sites for hydroxylation is 1. The Bertz CT molecular complexity index is 428. The van der Waals surface area contributed by atoms with Gasteiger partial charge in [0.05, 0.1) is 0 Å². The number of halogens is 1. The van der Waals surface area contributed by atoms with Crippen LogP contribution in [0.3, 0.4) is 0 Å². The summed E-state index contributed by atoms with van der Waals surface area (Å²) in [4.78, 5) is 0. The molecule has 0 radical (unpaired) electrons. The first-order valence-corrected chi connectivity index (χ1v) is 7.02. The van der Waals surface area contributed by atoms with Crippen LogP contribution in [0.4, 0.5) is 4.39 Å². The lowest BCUT2D eigenvalue weighted by Crippen LogP contribution is -1.99. The van der Waals surface area contributed by atoms with E-state index in [9.17, 15) is 4.39 Å². The molecule has 1 aliphatic rings. The van der Waals surface area contributed by atoms with Crippen LogP contribution in [0.2, 0.25) is 0 Å². The van der Waals surface area contributed by atoms with Crippen LogP contribution in [0.1, 0.15) is 56.1 Å². The molecule has 0 heterocycles. The van der Waals surface area contributed by atoms with E-state index >= 15 is 0 Å². The minimum atomic E-state index is -0.0465. The van der Waals surface area contributed by atoms with Crippen molar-refractivity contribution in [3.63, 3.8) is 0 Å². The van der Waals surface area contributed by atoms with E-state index in [0.717, 1.165) is 11.5 Å². The van der Waals surface area contributed by atoms with Gasteiger partial charge >= 0.3 is 0 Å². The third-order valence-electron chi connectivity index (χ3n) is 3.92. The first-order valence-electron chi connectivity index (χ1n) is 7.02. The molecular weight excluding hydrogens is 249 g/mol. The molecule has 2 rings (SSSR count). The van der Waals surface area contributed by atoms with Crippen molar-refractivity contribution in [3.8, 4) is 19.4 Å². The second kappa shape index (κ2) is 10.0. The Labute approximate surface area is 122 Å². The minimum Gasteiger partial charge on any atom is -0.207 e. The summed E-state index contributed by atoms with van der Waals surface area (Å²) in [7, 11) is 0. The molecule has 0 saturated heterocycles. The van der Waals surface area contributed by atoms with Gasteiger partial charge in [0.2, 0.25) is 0 Å². The van der Waals surface area contributed by atoms with Gasteiger partial charge in [-0.15, -0.1) is 12.8 Å². The molecule has 0 aliphatic heterocycles. The van der Waals surface area contributed by atoms with E-state index in [1.54, 1.807) is 6.07 Å². The van der Waals surface area contributed by atoms with Gasteiger partial charge < -0.3 is 0 Å². The fourth-order valence-electron chi connectivity index (χ4n) is 2.68. The van der Waals surface area contributed by atoms with Crippen LogP contribution in [0.25, 0.3) is 0 Å². The van der Waals surface area contributed by atoms with Crippen molar-refractivity contribution >= 4 is 0 Å². The number of terminal acetylenes is 1. The Balaban J connectivity index is 0.000000829. The van der Waals surface area contributed by atoms with Gasteiger partial charge in [-0.05, 0) is 48.8 Å². The fraction of sp³-hybridized carbons (Fsp3) is 0.500. The number of hydrogen-bond donors (Lipinski definition) is 0. The Kier molecular flexibility index (Phi) is 9.14. The molecular formula is C18H24FN. The van der Waals surface area contributed by atoms with Crippen molar-refractivity contribution in [1.82, 2.24) is 0 Å². The highest BCUT2D eigenvalue weighted by atomic mass is 19.1. The maximum absolute atomic E-state index is 13.5. The lowest BCUT2D eigenvalue weighted by Gasteiger charge is -2.15. The van der Waals surface area contributed by atoms with E-state index in [1.165, 1.54) is 37.7 Å². The van der Waals surface area contributed by atoms with Crippen LogP contribution in [0.15, 0.2) is 18.2 Å². The van der Waals surface area contributed by atoms with Crippen LogP contribution in [0, 0.1) is 43.3 Å². The van der Waals surface area contributed by atoms with Crippen molar-refractivity contribution in [2.45, 2.75) is 51.9 Å². The molecule has 0 spiro atoms. The van der Waals surface area contributed by atoms with Gasteiger partial charge in [0.25, 0.3) is 0 Å². The highest BCUT2D eigenvalue weighted by Gasteiger charge is 2.18. The largest absolute Gasteiger partial charge is 0.207 e. The number of hydrogen-bond acceptors (Lipinski definition) is 1. The third-order valence-corrected chi connectivity index (χ3v) is 3.92. The lowest BCUT2D eigenvalue weighted by molar-refractivity contribution is 0.499. The Morgan fingerprint density at radius 3 is 2.35 bits per heavy atom. The molecule has 0 N–H and O–H groups in total. The zero-order valence-electron chi connectivity index (χ0n) is 12.5. The van der Waals surface area contributed by atoms with Gasteiger partial charge in [-0.25, -0.2) is 9.65 Å². The highest BCUT2D eigenvalue weighted by Crippen LogP contribution is 2.34. The fourth-order valence-corrected chi connectivity index (χ4v) is 2.68. The van der Waals surface area contributed by atoms with Crippen LogP contribution in [0.5, 0.6) is 0 Å². The molecule has 2 unspecified atom stereocenters. The minimum absolute atomic E-state index is 0.0465.